The molecule has 0 saturated carbocycles. The number of anilines is 2. The van der Waals surface area contributed by atoms with Crippen LogP contribution in [0.25, 0.3) is 0 Å². The molecule has 1 aromatic heterocycles. The zero-order valence-corrected chi connectivity index (χ0v) is 11.7. The highest BCUT2D eigenvalue weighted by atomic mass is 16.5. The van der Waals surface area contributed by atoms with Gasteiger partial charge in [-0.3, -0.25) is 0 Å². The van der Waals surface area contributed by atoms with Crippen molar-refractivity contribution in [2.45, 2.75) is 32.8 Å². The Morgan fingerprint density at radius 2 is 2.37 bits per heavy atom. The molecule has 1 aromatic rings. The van der Waals surface area contributed by atoms with Gasteiger partial charge in [0, 0.05) is 19.0 Å². The van der Waals surface area contributed by atoms with Crippen LogP contribution in [-0.4, -0.2) is 35.9 Å². The van der Waals surface area contributed by atoms with Crippen LogP contribution in [0.3, 0.4) is 0 Å². The van der Waals surface area contributed by atoms with Crippen LogP contribution >= 0.6 is 0 Å². The van der Waals surface area contributed by atoms with Crippen LogP contribution in [0.15, 0.2) is 12.1 Å². The minimum atomic E-state index is -0.269. The summed E-state index contributed by atoms with van der Waals surface area (Å²) in [6.07, 6.45) is 1.66. The molecule has 2 heterocycles. The Kier molecular flexibility index (Phi) is 4.47. The number of nitrogen functional groups attached to an aromatic ring is 1. The van der Waals surface area contributed by atoms with E-state index in [9.17, 15) is 5.11 Å². The zero-order valence-electron chi connectivity index (χ0n) is 11.7. The monoisotopic (exact) mass is 265 g/mol. The Bertz CT molecular complexity index is 423. The smallest absolute Gasteiger partial charge is 0.239 e. The minimum absolute atomic E-state index is 0.269. The van der Waals surface area contributed by atoms with E-state index in [2.05, 4.69) is 9.88 Å². The first-order valence-electron chi connectivity index (χ1n) is 6.94. The second kappa shape index (κ2) is 6.10. The number of rotatable bonds is 5. The molecule has 1 saturated heterocycles. The van der Waals surface area contributed by atoms with Crippen LogP contribution in [0.2, 0.25) is 0 Å². The standard InChI is InChI=1S/C14H23N3O2/c1-3-8-19-14-12(15)4-5-13(16-14)17-7-6-11(9-17)10(2)18/h4-5,10-11,18H,3,6-9,15H2,1-2H3. The van der Waals surface area contributed by atoms with Crippen LogP contribution in [-0.2, 0) is 0 Å². The van der Waals surface area contributed by atoms with Crippen molar-refractivity contribution < 1.29 is 9.84 Å². The highest BCUT2D eigenvalue weighted by Gasteiger charge is 2.27. The van der Waals surface area contributed by atoms with Gasteiger partial charge in [0.15, 0.2) is 0 Å². The number of ether oxygens (including phenoxy) is 1. The fourth-order valence-corrected chi connectivity index (χ4v) is 2.32. The third kappa shape index (κ3) is 3.29. The lowest BCUT2D eigenvalue weighted by Gasteiger charge is -2.19. The molecule has 0 amide bonds. The van der Waals surface area contributed by atoms with Gasteiger partial charge in [0.1, 0.15) is 5.82 Å². The van der Waals surface area contributed by atoms with E-state index < -0.39 is 0 Å². The van der Waals surface area contributed by atoms with Gasteiger partial charge in [0.05, 0.1) is 18.4 Å². The predicted octanol–water partition coefficient (Wildman–Crippen LogP) is 1.66. The predicted molar refractivity (Wildman–Crippen MR) is 76.4 cm³/mol. The van der Waals surface area contributed by atoms with Crippen LogP contribution in [0.5, 0.6) is 5.88 Å². The number of aliphatic hydroxyl groups excluding tert-OH is 1. The first-order valence-corrected chi connectivity index (χ1v) is 6.94. The van der Waals surface area contributed by atoms with E-state index in [4.69, 9.17) is 10.5 Å². The van der Waals surface area contributed by atoms with Crippen molar-refractivity contribution in [3.63, 3.8) is 0 Å². The summed E-state index contributed by atoms with van der Waals surface area (Å²) in [7, 11) is 0. The number of nitrogens with two attached hydrogens (primary N) is 1. The molecule has 0 bridgehead atoms. The molecule has 2 atom stereocenters. The summed E-state index contributed by atoms with van der Waals surface area (Å²) in [6.45, 7) is 6.27. The largest absolute Gasteiger partial charge is 0.476 e. The summed E-state index contributed by atoms with van der Waals surface area (Å²) < 4.78 is 5.55. The maximum Gasteiger partial charge on any atom is 0.239 e. The number of aromatic nitrogens is 1. The molecule has 2 unspecified atom stereocenters. The first kappa shape index (κ1) is 13.9. The SMILES string of the molecule is CCCOc1nc(N2CCC(C(C)O)C2)ccc1N. The van der Waals surface area contributed by atoms with E-state index in [-0.39, 0.29) is 6.10 Å². The number of hydrogen-bond donors (Lipinski definition) is 2. The van der Waals surface area contributed by atoms with Gasteiger partial charge >= 0.3 is 0 Å². The number of aliphatic hydroxyl groups is 1. The van der Waals surface area contributed by atoms with Crippen LogP contribution in [0.4, 0.5) is 11.5 Å². The molecule has 1 fully saturated rings. The van der Waals surface area contributed by atoms with Gasteiger partial charge in [0.2, 0.25) is 5.88 Å². The first-order chi connectivity index (χ1) is 9.11. The maximum atomic E-state index is 9.64. The van der Waals surface area contributed by atoms with Gasteiger partial charge < -0.3 is 20.5 Å². The van der Waals surface area contributed by atoms with Crippen molar-refractivity contribution in [2.24, 2.45) is 5.92 Å². The Morgan fingerprint density at radius 1 is 1.58 bits per heavy atom. The Hall–Kier alpha value is -1.49. The molecule has 0 aromatic carbocycles. The minimum Gasteiger partial charge on any atom is -0.476 e. The summed E-state index contributed by atoms with van der Waals surface area (Å²) in [4.78, 5) is 6.66. The fraction of sp³-hybridized carbons (Fsp3) is 0.643. The quantitative estimate of drug-likeness (QED) is 0.847. The zero-order chi connectivity index (χ0) is 13.8. The Morgan fingerprint density at radius 3 is 3.00 bits per heavy atom. The van der Waals surface area contributed by atoms with Crippen LogP contribution in [0, 0.1) is 5.92 Å². The molecule has 0 spiro atoms. The molecule has 5 heteroatoms. The third-order valence-electron chi connectivity index (χ3n) is 3.55. The molecule has 1 aliphatic rings. The van der Waals surface area contributed by atoms with Gasteiger partial charge in [-0.25, -0.2) is 0 Å². The molecular weight excluding hydrogens is 242 g/mol. The summed E-state index contributed by atoms with van der Waals surface area (Å²) in [5.74, 6) is 1.71. The maximum absolute atomic E-state index is 9.64. The number of hydrogen-bond acceptors (Lipinski definition) is 5. The lowest BCUT2D eigenvalue weighted by atomic mass is 10.0. The summed E-state index contributed by atoms with van der Waals surface area (Å²) in [5.41, 5.74) is 6.43. The van der Waals surface area contributed by atoms with Gasteiger partial charge in [-0.05, 0) is 31.9 Å². The molecule has 19 heavy (non-hydrogen) atoms. The molecular formula is C14H23N3O2. The third-order valence-corrected chi connectivity index (χ3v) is 3.55. The second-order valence-corrected chi connectivity index (χ2v) is 5.15. The molecule has 2 rings (SSSR count). The lowest BCUT2D eigenvalue weighted by molar-refractivity contribution is 0.136. The van der Waals surface area contributed by atoms with Gasteiger partial charge in [0.25, 0.3) is 0 Å². The van der Waals surface area contributed by atoms with E-state index >= 15 is 0 Å². The fourth-order valence-electron chi connectivity index (χ4n) is 2.32. The van der Waals surface area contributed by atoms with E-state index in [1.165, 1.54) is 0 Å². The lowest BCUT2D eigenvalue weighted by Crippen LogP contribution is -2.24. The summed E-state index contributed by atoms with van der Waals surface area (Å²) >= 11 is 0. The van der Waals surface area contributed by atoms with E-state index in [0.29, 0.717) is 24.1 Å². The molecule has 5 nitrogen and oxygen atoms in total. The number of nitrogens with zero attached hydrogens (tertiary/aromatic N) is 2. The molecule has 3 N–H and O–H groups in total. The molecule has 1 aliphatic heterocycles. The summed E-state index contributed by atoms with van der Waals surface area (Å²) in [5, 5.41) is 9.64. The highest BCUT2D eigenvalue weighted by molar-refractivity contribution is 5.54. The van der Waals surface area contributed by atoms with Gasteiger partial charge in [-0.15, -0.1) is 0 Å². The topological polar surface area (TPSA) is 71.6 Å². The molecule has 106 valence electrons. The summed E-state index contributed by atoms with van der Waals surface area (Å²) in [6, 6.07) is 3.75. The van der Waals surface area contributed by atoms with Crippen LogP contribution in [0.1, 0.15) is 26.7 Å². The number of pyridine rings is 1. The van der Waals surface area contributed by atoms with Crippen molar-refractivity contribution in [3.05, 3.63) is 12.1 Å². The van der Waals surface area contributed by atoms with E-state index in [0.717, 1.165) is 31.7 Å². The van der Waals surface area contributed by atoms with Crippen LogP contribution < -0.4 is 15.4 Å². The average molecular weight is 265 g/mol. The van der Waals surface area contributed by atoms with Crippen molar-refractivity contribution in [3.8, 4) is 5.88 Å². The van der Waals surface area contributed by atoms with Crippen molar-refractivity contribution in [1.29, 1.82) is 0 Å². The average Bonchev–Trinajstić information content (AvgIpc) is 2.87. The highest BCUT2D eigenvalue weighted by Crippen LogP contribution is 2.28. The second-order valence-electron chi connectivity index (χ2n) is 5.15. The Balaban J connectivity index is 2.08. The van der Waals surface area contributed by atoms with Gasteiger partial charge in [-0.1, -0.05) is 6.92 Å². The Labute approximate surface area is 114 Å². The van der Waals surface area contributed by atoms with E-state index in [1.807, 2.05) is 26.0 Å². The van der Waals surface area contributed by atoms with Crippen molar-refractivity contribution >= 4 is 11.5 Å². The van der Waals surface area contributed by atoms with Crippen molar-refractivity contribution in [2.75, 3.05) is 30.3 Å². The van der Waals surface area contributed by atoms with Gasteiger partial charge in [-0.2, -0.15) is 4.98 Å². The normalized spacial score (nSPS) is 20.6. The molecule has 0 radical (unpaired) electrons. The molecule has 0 aliphatic carbocycles. The van der Waals surface area contributed by atoms with Crippen molar-refractivity contribution in [1.82, 2.24) is 4.98 Å². The van der Waals surface area contributed by atoms with E-state index in [1.54, 1.807) is 0 Å².